The maximum Gasteiger partial charge on any atom is 0.246 e. The van der Waals surface area contributed by atoms with Crippen molar-refractivity contribution < 1.29 is 9.59 Å². The number of rotatable bonds is 4. The molecule has 0 saturated carbocycles. The fraction of sp³-hybridized carbons (Fsp3) is 0.375. The van der Waals surface area contributed by atoms with Gasteiger partial charge in [0, 0.05) is 25.4 Å². The first-order valence-electron chi connectivity index (χ1n) is 6.96. The van der Waals surface area contributed by atoms with Crippen molar-refractivity contribution >= 4 is 23.6 Å². The van der Waals surface area contributed by atoms with E-state index in [-0.39, 0.29) is 17.1 Å². The summed E-state index contributed by atoms with van der Waals surface area (Å²) in [5.41, 5.74) is 2.26. The normalized spacial score (nSPS) is 18.1. The van der Waals surface area contributed by atoms with Crippen LogP contribution in [0, 0.1) is 6.92 Å². The zero-order valence-corrected chi connectivity index (χ0v) is 13.0. The average molecular weight is 304 g/mol. The third kappa shape index (κ3) is 4.36. The maximum absolute atomic E-state index is 12.2. The Morgan fingerprint density at radius 3 is 3.05 bits per heavy atom. The lowest BCUT2D eigenvalue weighted by Gasteiger charge is -2.30. The molecule has 1 aromatic rings. The van der Waals surface area contributed by atoms with Gasteiger partial charge in [0.05, 0.1) is 0 Å². The van der Waals surface area contributed by atoms with E-state index < -0.39 is 0 Å². The van der Waals surface area contributed by atoms with Gasteiger partial charge in [-0.1, -0.05) is 36.4 Å². The van der Waals surface area contributed by atoms with E-state index in [0.29, 0.717) is 19.6 Å². The maximum atomic E-state index is 12.2. The first-order chi connectivity index (χ1) is 10.1. The SMILES string of the molecule is C=CC(=O)N1CCSC(C(=O)NCc2cccc(C)c2)C1. The smallest absolute Gasteiger partial charge is 0.246 e. The highest BCUT2D eigenvalue weighted by Gasteiger charge is 2.27. The summed E-state index contributed by atoms with van der Waals surface area (Å²) >= 11 is 1.60. The standard InChI is InChI=1S/C16H20N2O2S/c1-3-15(19)18-7-8-21-14(11-18)16(20)17-10-13-6-4-5-12(2)9-13/h3-6,9,14H,1,7-8,10-11H2,2H3,(H,17,20). The minimum absolute atomic E-state index is 0.0110. The third-order valence-electron chi connectivity index (χ3n) is 3.39. The van der Waals surface area contributed by atoms with Crippen LogP contribution in [0.25, 0.3) is 0 Å². The highest BCUT2D eigenvalue weighted by molar-refractivity contribution is 8.00. The quantitative estimate of drug-likeness (QED) is 0.862. The Hall–Kier alpha value is -1.75. The summed E-state index contributed by atoms with van der Waals surface area (Å²) in [6.45, 7) is 7.17. The molecule has 1 N–H and O–H groups in total. The van der Waals surface area contributed by atoms with Crippen molar-refractivity contribution in [3.63, 3.8) is 0 Å². The third-order valence-corrected chi connectivity index (χ3v) is 4.58. The van der Waals surface area contributed by atoms with Crippen molar-refractivity contribution in [1.29, 1.82) is 0 Å². The second-order valence-electron chi connectivity index (χ2n) is 5.05. The van der Waals surface area contributed by atoms with E-state index in [4.69, 9.17) is 0 Å². The van der Waals surface area contributed by atoms with Gasteiger partial charge in [-0.05, 0) is 18.6 Å². The van der Waals surface area contributed by atoms with E-state index in [9.17, 15) is 9.59 Å². The van der Waals surface area contributed by atoms with Crippen LogP contribution in [0.1, 0.15) is 11.1 Å². The van der Waals surface area contributed by atoms with Crippen molar-refractivity contribution in [3.05, 3.63) is 48.0 Å². The van der Waals surface area contributed by atoms with Crippen LogP contribution < -0.4 is 5.32 Å². The lowest BCUT2D eigenvalue weighted by molar-refractivity contribution is -0.127. The number of thioether (sulfide) groups is 1. The number of benzene rings is 1. The molecule has 1 aliphatic heterocycles. The van der Waals surface area contributed by atoms with Gasteiger partial charge in [0.25, 0.3) is 0 Å². The predicted octanol–water partition coefficient (Wildman–Crippen LogP) is 1.74. The van der Waals surface area contributed by atoms with Gasteiger partial charge >= 0.3 is 0 Å². The molecule has 21 heavy (non-hydrogen) atoms. The lowest BCUT2D eigenvalue weighted by atomic mass is 10.1. The van der Waals surface area contributed by atoms with Gasteiger partial charge in [0.1, 0.15) is 5.25 Å². The predicted molar refractivity (Wildman–Crippen MR) is 86.0 cm³/mol. The highest BCUT2D eigenvalue weighted by atomic mass is 32.2. The van der Waals surface area contributed by atoms with E-state index >= 15 is 0 Å². The van der Waals surface area contributed by atoms with Gasteiger partial charge in [0.2, 0.25) is 11.8 Å². The fourth-order valence-electron chi connectivity index (χ4n) is 2.26. The van der Waals surface area contributed by atoms with Gasteiger partial charge in [-0.2, -0.15) is 0 Å². The van der Waals surface area contributed by atoms with E-state index in [0.717, 1.165) is 11.3 Å². The fourth-order valence-corrected chi connectivity index (χ4v) is 3.39. The molecule has 0 spiro atoms. The molecule has 0 aromatic heterocycles. The Morgan fingerprint density at radius 1 is 1.52 bits per heavy atom. The zero-order chi connectivity index (χ0) is 15.2. The van der Waals surface area contributed by atoms with Gasteiger partial charge in [0.15, 0.2) is 0 Å². The summed E-state index contributed by atoms with van der Waals surface area (Å²) in [5.74, 6) is 0.664. The molecule has 1 atom stereocenters. The number of hydrogen-bond donors (Lipinski definition) is 1. The minimum Gasteiger partial charge on any atom is -0.351 e. The largest absolute Gasteiger partial charge is 0.351 e. The second kappa shape index (κ2) is 7.31. The van der Waals surface area contributed by atoms with Crippen LogP contribution in [0.3, 0.4) is 0 Å². The molecule has 0 aliphatic carbocycles. The molecule has 1 aromatic carbocycles. The number of nitrogens with one attached hydrogen (secondary N) is 1. The summed E-state index contributed by atoms with van der Waals surface area (Å²) < 4.78 is 0. The van der Waals surface area contributed by atoms with Gasteiger partial charge < -0.3 is 10.2 Å². The highest BCUT2D eigenvalue weighted by Crippen LogP contribution is 2.19. The van der Waals surface area contributed by atoms with Gasteiger partial charge in [-0.3, -0.25) is 9.59 Å². The summed E-state index contributed by atoms with van der Waals surface area (Å²) in [7, 11) is 0. The molecule has 4 nitrogen and oxygen atoms in total. The van der Waals surface area contributed by atoms with Crippen LogP contribution in [-0.2, 0) is 16.1 Å². The number of amides is 2. The first-order valence-corrected chi connectivity index (χ1v) is 8.01. The average Bonchev–Trinajstić information content (AvgIpc) is 2.52. The van der Waals surface area contributed by atoms with Crippen molar-refractivity contribution in [2.45, 2.75) is 18.7 Å². The Kier molecular flexibility index (Phi) is 5.44. The molecule has 2 amide bonds. The minimum atomic E-state index is -0.201. The monoisotopic (exact) mass is 304 g/mol. The Morgan fingerprint density at radius 2 is 2.33 bits per heavy atom. The Labute approximate surface area is 129 Å². The van der Waals surface area contributed by atoms with Crippen LogP contribution in [0.2, 0.25) is 0 Å². The first kappa shape index (κ1) is 15.6. The number of nitrogens with zero attached hydrogens (tertiary/aromatic N) is 1. The number of carbonyl (C=O) groups excluding carboxylic acids is 2. The summed E-state index contributed by atoms with van der Waals surface area (Å²) in [5, 5.41) is 2.75. The molecule has 1 unspecified atom stereocenters. The molecule has 1 heterocycles. The van der Waals surface area contributed by atoms with Crippen LogP contribution in [-0.4, -0.2) is 40.8 Å². The number of carbonyl (C=O) groups is 2. The number of hydrogen-bond acceptors (Lipinski definition) is 3. The molecule has 1 saturated heterocycles. The molecular weight excluding hydrogens is 284 g/mol. The lowest BCUT2D eigenvalue weighted by Crippen LogP contribution is -2.47. The Balaban J connectivity index is 1.88. The van der Waals surface area contributed by atoms with Crippen molar-refractivity contribution in [2.75, 3.05) is 18.8 Å². The number of aryl methyl sites for hydroxylation is 1. The summed E-state index contributed by atoms with van der Waals surface area (Å²) in [6, 6.07) is 8.06. The Bertz CT molecular complexity index is 545. The van der Waals surface area contributed by atoms with Gasteiger partial charge in [-0.25, -0.2) is 0 Å². The van der Waals surface area contributed by atoms with E-state index in [1.54, 1.807) is 16.7 Å². The molecule has 112 valence electrons. The molecule has 2 rings (SSSR count). The topological polar surface area (TPSA) is 49.4 Å². The summed E-state index contributed by atoms with van der Waals surface area (Å²) in [6.07, 6.45) is 1.30. The van der Waals surface area contributed by atoms with Crippen LogP contribution in [0.4, 0.5) is 0 Å². The molecule has 1 fully saturated rings. The molecule has 5 heteroatoms. The van der Waals surface area contributed by atoms with Crippen molar-refractivity contribution in [3.8, 4) is 0 Å². The van der Waals surface area contributed by atoms with Crippen LogP contribution in [0.15, 0.2) is 36.9 Å². The zero-order valence-electron chi connectivity index (χ0n) is 12.2. The summed E-state index contributed by atoms with van der Waals surface area (Å²) in [4.78, 5) is 25.5. The van der Waals surface area contributed by atoms with Gasteiger partial charge in [-0.15, -0.1) is 11.8 Å². The molecule has 0 radical (unpaired) electrons. The van der Waals surface area contributed by atoms with Crippen LogP contribution in [0.5, 0.6) is 0 Å². The van der Waals surface area contributed by atoms with E-state index in [1.807, 2.05) is 25.1 Å². The molecule has 1 aliphatic rings. The van der Waals surface area contributed by atoms with Crippen molar-refractivity contribution in [1.82, 2.24) is 10.2 Å². The molecule has 0 bridgehead atoms. The van der Waals surface area contributed by atoms with E-state index in [2.05, 4.69) is 18.0 Å². The van der Waals surface area contributed by atoms with E-state index in [1.165, 1.54) is 11.6 Å². The van der Waals surface area contributed by atoms with Crippen LogP contribution >= 0.6 is 11.8 Å². The molecular formula is C16H20N2O2S. The second-order valence-corrected chi connectivity index (χ2v) is 6.37. The van der Waals surface area contributed by atoms with Crippen molar-refractivity contribution in [2.24, 2.45) is 0 Å².